The van der Waals surface area contributed by atoms with Crippen molar-refractivity contribution in [2.24, 2.45) is 0 Å². The lowest BCUT2D eigenvalue weighted by Gasteiger charge is -2.04. The molecule has 0 bridgehead atoms. The molecule has 0 aromatic carbocycles. The molecule has 0 aliphatic rings. The van der Waals surface area contributed by atoms with Gasteiger partial charge in [0.25, 0.3) is 0 Å². The van der Waals surface area contributed by atoms with Crippen LogP contribution in [0.3, 0.4) is 0 Å². The van der Waals surface area contributed by atoms with Crippen molar-refractivity contribution in [2.45, 2.75) is 20.4 Å². The lowest BCUT2D eigenvalue weighted by atomic mass is 10.2. The molecule has 5 nitrogen and oxygen atoms in total. The largest absolute Gasteiger partial charge is 0.493 e. The summed E-state index contributed by atoms with van der Waals surface area (Å²) in [6.07, 6.45) is 3.15. The zero-order valence-corrected chi connectivity index (χ0v) is 10.7. The fourth-order valence-corrected chi connectivity index (χ4v) is 2.29. The van der Waals surface area contributed by atoms with E-state index in [4.69, 9.17) is 4.74 Å². The zero-order valence-electron chi connectivity index (χ0n) is 9.93. The lowest BCUT2D eigenvalue weighted by Crippen LogP contribution is -2.10. The van der Waals surface area contributed by atoms with Crippen molar-refractivity contribution in [2.75, 3.05) is 7.11 Å². The summed E-state index contributed by atoms with van der Waals surface area (Å²) < 4.78 is 6.79. The highest BCUT2D eigenvalue weighted by atomic mass is 32.1. The molecule has 17 heavy (non-hydrogen) atoms. The Morgan fingerprint density at radius 2 is 2.29 bits per heavy atom. The maximum absolute atomic E-state index is 12.3. The minimum absolute atomic E-state index is 0.0909. The van der Waals surface area contributed by atoms with Crippen molar-refractivity contribution in [1.29, 1.82) is 0 Å². The van der Waals surface area contributed by atoms with Crippen LogP contribution in [0.2, 0.25) is 0 Å². The van der Waals surface area contributed by atoms with Gasteiger partial charge in [-0.25, -0.2) is 4.98 Å². The minimum atomic E-state index is -0.0909. The Hall–Kier alpha value is -1.69. The first-order valence-electron chi connectivity index (χ1n) is 5.24. The molecule has 2 rings (SSSR count). The molecule has 0 N–H and O–H groups in total. The molecule has 0 radical (unpaired) electrons. The van der Waals surface area contributed by atoms with E-state index in [9.17, 15) is 4.79 Å². The number of hydrogen-bond donors (Lipinski definition) is 0. The summed E-state index contributed by atoms with van der Waals surface area (Å²) in [6.45, 7) is 4.43. The zero-order chi connectivity index (χ0) is 12.4. The molecule has 0 saturated heterocycles. The number of thiazole rings is 1. The molecule has 0 saturated carbocycles. The van der Waals surface area contributed by atoms with Gasteiger partial charge in [-0.05, 0) is 13.8 Å². The van der Waals surface area contributed by atoms with Gasteiger partial charge < -0.3 is 4.74 Å². The Kier molecular flexibility index (Phi) is 3.23. The van der Waals surface area contributed by atoms with Crippen LogP contribution in [0, 0.1) is 6.92 Å². The summed E-state index contributed by atoms with van der Waals surface area (Å²) in [5.41, 5.74) is 0.485. The Bertz CT molecular complexity index is 523. The third-order valence-corrected chi connectivity index (χ3v) is 3.30. The van der Waals surface area contributed by atoms with Crippen LogP contribution in [0.5, 0.6) is 5.75 Å². The van der Waals surface area contributed by atoms with Crippen LogP contribution < -0.4 is 4.74 Å². The Morgan fingerprint density at radius 3 is 2.82 bits per heavy atom. The van der Waals surface area contributed by atoms with E-state index in [1.165, 1.54) is 18.4 Å². The number of methoxy groups -OCH3 is 1. The molecule has 90 valence electrons. The third-order valence-electron chi connectivity index (χ3n) is 2.39. The van der Waals surface area contributed by atoms with E-state index in [2.05, 4.69) is 10.1 Å². The molecule has 0 amide bonds. The molecule has 6 heteroatoms. The van der Waals surface area contributed by atoms with Gasteiger partial charge in [-0.2, -0.15) is 5.10 Å². The number of aromatic nitrogens is 3. The second-order valence-corrected chi connectivity index (χ2v) is 4.68. The summed E-state index contributed by atoms with van der Waals surface area (Å²) in [5, 5.41) is 4.98. The minimum Gasteiger partial charge on any atom is -0.493 e. The van der Waals surface area contributed by atoms with Crippen LogP contribution in [-0.2, 0) is 6.54 Å². The average molecular weight is 251 g/mol. The molecule has 0 fully saturated rings. The molecule has 2 aromatic rings. The van der Waals surface area contributed by atoms with Crippen LogP contribution in [0.1, 0.15) is 27.3 Å². The third kappa shape index (κ3) is 2.08. The first-order valence-corrected chi connectivity index (χ1v) is 6.06. The quantitative estimate of drug-likeness (QED) is 0.779. The number of ketones is 1. The number of hydrogen-bond acceptors (Lipinski definition) is 5. The summed E-state index contributed by atoms with van der Waals surface area (Å²) >= 11 is 1.38. The van der Waals surface area contributed by atoms with Gasteiger partial charge in [-0.3, -0.25) is 9.48 Å². The number of ether oxygens (including phenoxy) is 1. The molecule has 0 atom stereocenters. The van der Waals surface area contributed by atoms with Gasteiger partial charge in [-0.15, -0.1) is 11.3 Å². The first-order chi connectivity index (χ1) is 8.17. The van der Waals surface area contributed by atoms with Gasteiger partial charge in [0.15, 0.2) is 11.4 Å². The van der Waals surface area contributed by atoms with Gasteiger partial charge in [0.1, 0.15) is 0 Å². The van der Waals surface area contributed by atoms with E-state index in [0.717, 1.165) is 5.01 Å². The van der Waals surface area contributed by atoms with E-state index in [1.807, 2.05) is 13.8 Å². The van der Waals surface area contributed by atoms with Crippen LogP contribution >= 0.6 is 11.3 Å². The number of nitrogens with zero attached hydrogens (tertiary/aromatic N) is 3. The van der Waals surface area contributed by atoms with Gasteiger partial charge in [0.05, 0.1) is 23.2 Å². The summed E-state index contributed by atoms with van der Waals surface area (Å²) in [4.78, 5) is 17.0. The number of rotatable bonds is 4. The van der Waals surface area contributed by atoms with Crippen LogP contribution in [0.4, 0.5) is 0 Å². The lowest BCUT2D eigenvalue weighted by molar-refractivity contribution is 0.102. The van der Waals surface area contributed by atoms with Gasteiger partial charge >= 0.3 is 0 Å². The first kappa shape index (κ1) is 11.8. The van der Waals surface area contributed by atoms with E-state index in [-0.39, 0.29) is 5.78 Å². The smallest absolute Gasteiger partial charge is 0.226 e. The highest BCUT2D eigenvalue weighted by molar-refractivity contribution is 7.13. The molecule has 2 aromatic heterocycles. The van der Waals surface area contributed by atoms with Crippen molar-refractivity contribution in [3.63, 3.8) is 0 Å². The second kappa shape index (κ2) is 4.67. The molecular weight excluding hydrogens is 238 g/mol. The number of carbonyl (C=O) groups excluding carboxylic acids is 1. The fraction of sp³-hybridized carbons (Fsp3) is 0.364. The molecule has 2 heterocycles. The highest BCUT2D eigenvalue weighted by Gasteiger charge is 2.21. The highest BCUT2D eigenvalue weighted by Crippen LogP contribution is 2.23. The van der Waals surface area contributed by atoms with Gasteiger partial charge in [0, 0.05) is 12.7 Å². The standard InChI is InChI=1S/C11H13N3O2S/c1-4-14-10(8(16-3)5-13-14)11(15)9-6-12-7(2)17-9/h5-6H,4H2,1-3H3. The van der Waals surface area contributed by atoms with Crippen LogP contribution in [-0.4, -0.2) is 27.7 Å². The van der Waals surface area contributed by atoms with E-state index < -0.39 is 0 Å². The normalized spacial score (nSPS) is 10.5. The summed E-state index contributed by atoms with van der Waals surface area (Å²) in [6, 6.07) is 0. The monoisotopic (exact) mass is 251 g/mol. The van der Waals surface area contributed by atoms with Crippen molar-refractivity contribution in [3.05, 3.63) is 28.0 Å². The molecular formula is C11H13N3O2S. The van der Waals surface area contributed by atoms with Crippen LogP contribution in [0.25, 0.3) is 0 Å². The van der Waals surface area contributed by atoms with Gasteiger partial charge in [0.2, 0.25) is 5.78 Å². The Morgan fingerprint density at radius 1 is 1.53 bits per heavy atom. The van der Waals surface area contributed by atoms with E-state index >= 15 is 0 Å². The van der Waals surface area contributed by atoms with E-state index in [1.54, 1.807) is 17.1 Å². The Labute approximate surface area is 103 Å². The predicted molar refractivity (Wildman–Crippen MR) is 64.7 cm³/mol. The maximum atomic E-state index is 12.3. The number of aryl methyl sites for hydroxylation is 2. The summed E-state index contributed by atoms with van der Waals surface area (Å²) in [7, 11) is 1.53. The van der Waals surface area contributed by atoms with Crippen molar-refractivity contribution >= 4 is 17.1 Å². The topological polar surface area (TPSA) is 57.0 Å². The number of carbonyl (C=O) groups is 1. The van der Waals surface area contributed by atoms with Gasteiger partial charge in [-0.1, -0.05) is 0 Å². The average Bonchev–Trinajstić information content (AvgIpc) is 2.93. The predicted octanol–water partition coefficient (Wildman–Crippen LogP) is 1.91. The van der Waals surface area contributed by atoms with Crippen molar-refractivity contribution in [1.82, 2.24) is 14.8 Å². The fourth-order valence-electron chi connectivity index (χ4n) is 1.57. The molecule has 0 aliphatic heterocycles. The Balaban J connectivity index is 2.45. The van der Waals surface area contributed by atoms with E-state index in [0.29, 0.717) is 22.9 Å². The molecule has 0 unspecified atom stereocenters. The van der Waals surface area contributed by atoms with Crippen molar-refractivity contribution < 1.29 is 9.53 Å². The van der Waals surface area contributed by atoms with Crippen molar-refractivity contribution in [3.8, 4) is 5.75 Å². The second-order valence-electron chi connectivity index (χ2n) is 3.45. The maximum Gasteiger partial charge on any atom is 0.226 e. The molecule has 0 aliphatic carbocycles. The molecule has 0 spiro atoms. The SMILES string of the molecule is CCn1ncc(OC)c1C(=O)c1cnc(C)s1. The summed E-state index contributed by atoms with van der Waals surface area (Å²) in [5.74, 6) is 0.412. The van der Waals surface area contributed by atoms with Crippen LogP contribution in [0.15, 0.2) is 12.4 Å².